The molecule has 0 heterocycles. The Kier molecular flexibility index (Phi) is 8.19. The maximum absolute atomic E-state index is 2.92. The van der Waals surface area contributed by atoms with Crippen molar-refractivity contribution in [2.24, 2.45) is 23.7 Å². The van der Waals surface area contributed by atoms with Crippen LogP contribution in [0.15, 0.2) is 84.0 Å². The molecule has 2 atom stereocenters. The lowest BCUT2D eigenvalue weighted by Crippen LogP contribution is -2.43. The van der Waals surface area contributed by atoms with E-state index in [2.05, 4.69) is 128 Å². The minimum Gasteiger partial charge on any atom is -0.0654 e. The van der Waals surface area contributed by atoms with E-state index in [0.717, 1.165) is 6.42 Å². The third-order valence-corrected chi connectivity index (χ3v) is 15.0. The van der Waals surface area contributed by atoms with Gasteiger partial charge < -0.3 is 0 Å². The largest absolute Gasteiger partial charge is 0.0654 e. The predicted octanol–water partition coefficient (Wildman–Crippen LogP) is 14.4. The summed E-state index contributed by atoms with van der Waals surface area (Å²) in [5, 5.41) is 2.95. The Hall–Kier alpha value is -3.64. The number of aryl methyl sites for hydroxylation is 2. The van der Waals surface area contributed by atoms with Gasteiger partial charge in [-0.3, -0.25) is 0 Å². The summed E-state index contributed by atoms with van der Waals surface area (Å²) in [6.45, 7) is 19.6. The minimum absolute atomic E-state index is 0.0755. The van der Waals surface area contributed by atoms with Crippen molar-refractivity contribution in [3.63, 3.8) is 0 Å². The highest BCUT2D eigenvalue weighted by Gasteiger charge is 2.56. The molecular weight excluding hydrogens is 625 g/mol. The molecule has 1 spiro atoms. The molecular formula is C52H60. The molecule has 0 amide bonds. The van der Waals surface area contributed by atoms with E-state index < -0.39 is 0 Å². The fourth-order valence-corrected chi connectivity index (χ4v) is 12.8. The fourth-order valence-electron chi connectivity index (χ4n) is 12.8. The molecule has 1 fully saturated rings. The van der Waals surface area contributed by atoms with Crippen LogP contribution >= 0.6 is 0 Å². The number of benzene rings is 4. The Bertz CT molecular complexity index is 2200. The number of fused-ring (bicyclic) bond motifs is 12. The molecule has 4 aromatic carbocycles. The topological polar surface area (TPSA) is 0 Å². The second kappa shape index (κ2) is 12.5. The van der Waals surface area contributed by atoms with Crippen molar-refractivity contribution in [1.82, 2.24) is 0 Å². The van der Waals surface area contributed by atoms with Gasteiger partial charge in [0.1, 0.15) is 0 Å². The molecule has 2 unspecified atom stereocenters. The predicted molar refractivity (Wildman–Crippen MR) is 224 cm³/mol. The van der Waals surface area contributed by atoms with Crippen molar-refractivity contribution in [3.8, 4) is 11.1 Å². The van der Waals surface area contributed by atoms with Crippen LogP contribution in [-0.4, -0.2) is 0 Å². The lowest BCUT2D eigenvalue weighted by atomic mass is 9.53. The Balaban J connectivity index is 1.43. The van der Waals surface area contributed by atoms with Crippen molar-refractivity contribution in [3.05, 3.63) is 128 Å². The molecule has 1 saturated carbocycles. The molecule has 0 heteroatoms. The number of rotatable bonds is 7. The van der Waals surface area contributed by atoms with Crippen molar-refractivity contribution in [1.29, 1.82) is 0 Å². The molecule has 0 aliphatic heterocycles. The fraction of sp³-hybridized carbons (Fsp3) is 0.462. The van der Waals surface area contributed by atoms with Gasteiger partial charge in [0.25, 0.3) is 0 Å². The van der Waals surface area contributed by atoms with Crippen LogP contribution in [0.4, 0.5) is 0 Å². The highest BCUT2D eigenvalue weighted by atomic mass is 14.6. The molecule has 0 bridgehead atoms. The molecule has 0 aromatic heterocycles. The van der Waals surface area contributed by atoms with E-state index in [0.29, 0.717) is 23.7 Å². The van der Waals surface area contributed by atoms with Crippen molar-refractivity contribution < 1.29 is 0 Å². The molecule has 0 saturated heterocycles. The van der Waals surface area contributed by atoms with Gasteiger partial charge in [0, 0.05) is 16.7 Å². The molecule has 9 rings (SSSR count). The molecule has 0 N–H and O–H groups in total. The van der Waals surface area contributed by atoms with Gasteiger partial charge in [-0.2, -0.15) is 0 Å². The van der Waals surface area contributed by atoms with Crippen molar-refractivity contribution in [2.75, 3.05) is 0 Å². The van der Waals surface area contributed by atoms with Gasteiger partial charge in [-0.1, -0.05) is 145 Å². The summed E-state index contributed by atoms with van der Waals surface area (Å²) in [6, 6.07) is 24.6. The maximum Gasteiger partial charge on any atom is 0.0474 e. The van der Waals surface area contributed by atoms with Gasteiger partial charge in [-0.25, -0.2) is 0 Å². The van der Waals surface area contributed by atoms with Crippen LogP contribution in [0.3, 0.4) is 0 Å². The third kappa shape index (κ3) is 4.58. The zero-order valence-electron chi connectivity index (χ0n) is 33.3. The Morgan fingerprint density at radius 2 is 1.42 bits per heavy atom. The van der Waals surface area contributed by atoms with Crippen LogP contribution < -0.4 is 0 Å². The van der Waals surface area contributed by atoms with Gasteiger partial charge in [-0.15, -0.1) is 0 Å². The average molecular weight is 685 g/mol. The molecule has 5 aliphatic rings. The summed E-state index contributed by atoms with van der Waals surface area (Å²) in [7, 11) is 0. The van der Waals surface area contributed by atoms with Gasteiger partial charge in [0.05, 0.1) is 0 Å². The van der Waals surface area contributed by atoms with Crippen LogP contribution in [0.1, 0.15) is 144 Å². The number of hydrogen-bond donors (Lipinski definition) is 0. The first-order chi connectivity index (χ1) is 25.2. The SMILES string of the molecule is CCC(CC)C1=CC2(c3ccc4c(c3-c3ccc5c(C)cc(C)cc5c32)C(C)(C)C2=C4Cc3ccccc32)C(C2CCCCC2)C(C(CC)CC)=C1. The van der Waals surface area contributed by atoms with E-state index in [9.17, 15) is 0 Å². The van der Waals surface area contributed by atoms with Gasteiger partial charge >= 0.3 is 0 Å². The molecule has 0 radical (unpaired) electrons. The van der Waals surface area contributed by atoms with Gasteiger partial charge in [0.2, 0.25) is 0 Å². The summed E-state index contributed by atoms with van der Waals surface area (Å²) < 4.78 is 0. The van der Waals surface area contributed by atoms with Crippen LogP contribution in [0.2, 0.25) is 0 Å². The van der Waals surface area contributed by atoms with Crippen LogP contribution in [0.25, 0.3) is 33.0 Å². The summed E-state index contributed by atoms with van der Waals surface area (Å²) in [5.74, 6) is 2.36. The zero-order valence-corrected chi connectivity index (χ0v) is 33.3. The quantitative estimate of drug-likeness (QED) is 0.182. The first kappa shape index (κ1) is 34.1. The second-order valence-corrected chi connectivity index (χ2v) is 17.9. The maximum atomic E-state index is 2.92. The van der Waals surface area contributed by atoms with Gasteiger partial charge in [0.15, 0.2) is 0 Å². The van der Waals surface area contributed by atoms with E-state index in [4.69, 9.17) is 0 Å². The van der Waals surface area contributed by atoms with E-state index in [1.54, 1.807) is 44.5 Å². The molecule has 268 valence electrons. The van der Waals surface area contributed by atoms with E-state index in [1.165, 1.54) is 102 Å². The highest BCUT2D eigenvalue weighted by molar-refractivity contribution is 6.10. The molecule has 4 aromatic rings. The molecule has 0 nitrogen and oxygen atoms in total. The van der Waals surface area contributed by atoms with Crippen molar-refractivity contribution in [2.45, 2.75) is 130 Å². The lowest BCUT2D eigenvalue weighted by molar-refractivity contribution is 0.210. The molecule has 52 heavy (non-hydrogen) atoms. The number of allylic oxidation sites excluding steroid dienone is 6. The van der Waals surface area contributed by atoms with Crippen LogP contribution in [0.5, 0.6) is 0 Å². The second-order valence-electron chi connectivity index (χ2n) is 17.9. The van der Waals surface area contributed by atoms with Crippen LogP contribution in [0, 0.1) is 37.5 Å². The zero-order chi connectivity index (χ0) is 36.1. The van der Waals surface area contributed by atoms with E-state index in [-0.39, 0.29) is 10.8 Å². The third-order valence-electron chi connectivity index (χ3n) is 15.0. The average Bonchev–Trinajstić information content (AvgIpc) is 3.74. The smallest absolute Gasteiger partial charge is 0.0474 e. The first-order valence-electron chi connectivity index (χ1n) is 21.2. The number of hydrogen-bond acceptors (Lipinski definition) is 0. The monoisotopic (exact) mass is 684 g/mol. The Labute approximate surface area is 314 Å². The van der Waals surface area contributed by atoms with Crippen molar-refractivity contribution >= 4 is 21.9 Å². The van der Waals surface area contributed by atoms with E-state index >= 15 is 0 Å². The Morgan fingerprint density at radius 3 is 2.15 bits per heavy atom. The summed E-state index contributed by atoms with van der Waals surface area (Å²) in [4.78, 5) is 0. The summed E-state index contributed by atoms with van der Waals surface area (Å²) in [6.07, 6.45) is 18.4. The molecule has 5 aliphatic carbocycles. The summed E-state index contributed by atoms with van der Waals surface area (Å²) in [5.41, 5.74) is 21.6. The minimum atomic E-state index is -0.187. The Morgan fingerprint density at radius 1 is 0.712 bits per heavy atom. The highest BCUT2D eigenvalue weighted by Crippen LogP contribution is 2.68. The van der Waals surface area contributed by atoms with Gasteiger partial charge in [-0.05, 0) is 154 Å². The summed E-state index contributed by atoms with van der Waals surface area (Å²) >= 11 is 0. The first-order valence-corrected chi connectivity index (χ1v) is 21.2. The standard InChI is InChI=1S/C52H60/c1-9-33(10-2)37-29-42(34(11-3)12-4)47(35-18-14-13-15-19-35)52(30-37)45-25-24-40-44-28-36-20-16-17-21-39(36)48(44)51(7,8)50(40)46(45)41-23-22-38-32(6)26-31(5)27-43(38)49(41)52/h16-17,20-27,29-30,33-35,47H,9-15,18-19,28H2,1-8H3. The lowest BCUT2D eigenvalue weighted by Gasteiger charge is -2.50. The normalized spacial score (nSPS) is 22.9. The van der Waals surface area contributed by atoms with Crippen LogP contribution in [-0.2, 0) is 17.3 Å². The van der Waals surface area contributed by atoms with E-state index in [1.807, 2.05) is 0 Å².